The summed E-state index contributed by atoms with van der Waals surface area (Å²) in [5, 5.41) is 10.4. The van der Waals surface area contributed by atoms with E-state index in [9.17, 15) is 14.9 Å². The van der Waals surface area contributed by atoms with Crippen LogP contribution in [0.25, 0.3) is 0 Å². The number of unbranched alkanes of at least 4 members (excludes halogenated alkanes) is 1. The molecule has 5 heteroatoms. The zero-order chi connectivity index (χ0) is 13.5. The summed E-state index contributed by atoms with van der Waals surface area (Å²) in [6, 6.07) is 9.44. The third-order valence-electron chi connectivity index (χ3n) is 1.40. The van der Waals surface area contributed by atoms with Gasteiger partial charge in [0.05, 0.1) is 0 Å². The van der Waals surface area contributed by atoms with Crippen LogP contribution >= 0.6 is 11.6 Å². The largest absolute Gasteiger partial charge is 0.303 e. The minimum absolute atomic E-state index is 0.0985. The summed E-state index contributed by atoms with van der Waals surface area (Å²) in [5.74, 6) is 0. The van der Waals surface area contributed by atoms with Crippen LogP contribution in [-0.4, -0.2) is 17.8 Å². The van der Waals surface area contributed by atoms with Crippen LogP contribution in [0.2, 0.25) is 5.02 Å². The van der Waals surface area contributed by atoms with Crippen molar-refractivity contribution in [2.75, 3.05) is 6.54 Å². The van der Waals surface area contributed by atoms with E-state index in [-0.39, 0.29) is 6.54 Å². The predicted molar refractivity (Wildman–Crippen MR) is 70.0 cm³/mol. The van der Waals surface area contributed by atoms with E-state index in [1.807, 2.05) is 44.2 Å². The Morgan fingerprint density at radius 3 is 2.12 bits per heavy atom. The molecule has 0 heterocycles. The number of halogens is 1. The van der Waals surface area contributed by atoms with Crippen LogP contribution in [0.15, 0.2) is 30.3 Å². The summed E-state index contributed by atoms with van der Waals surface area (Å²) < 4.78 is 0. The van der Waals surface area contributed by atoms with E-state index < -0.39 is 4.92 Å². The first kappa shape index (κ1) is 18.0. The Morgan fingerprint density at radius 2 is 1.82 bits per heavy atom. The van der Waals surface area contributed by atoms with Crippen LogP contribution in [-0.2, 0) is 4.79 Å². The Labute approximate surface area is 107 Å². The molecule has 1 aromatic rings. The Kier molecular flexibility index (Phi) is 15.4. The van der Waals surface area contributed by atoms with Gasteiger partial charge in [0.1, 0.15) is 6.29 Å². The van der Waals surface area contributed by atoms with Gasteiger partial charge < -0.3 is 4.79 Å². The van der Waals surface area contributed by atoms with Crippen molar-refractivity contribution in [2.45, 2.75) is 26.7 Å². The summed E-state index contributed by atoms with van der Waals surface area (Å²) in [4.78, 5) is 18.7. The van der Waals surface area contributed by atoms with E-state index in [0.29, 0.717) is 19.1 Å². The predicted octanol–water partition coefficient (Wildman–Crippen LogP) is 3.61. The van der Waals surface area contributed by atoms with Crippen molar-refractivity contribution in [1.82, 2.24) is 0 Å². The molecule has 0 saturated heterocycles. The lowest BCUT2D eigenvalue weighted by Gasteiger charge is -1.84. The van der Waals surface area contributed by atoms with Crippen molar-refractivity contribution in [1.29, 1.82) is 0 Å². The number of nitro groups is 1. The molecule has 0 N–H and O–H groups in total. The van der Waals surface area contributed by atoms with E-state index in [2.05, 4.69) is 0 Å². The highest BCUT2D eigenvalue weighted by Crippen LogP contribution is 2.03. The minimum Gasteiger partial charge on any atom is -0.303 e. The van der Waals surface area contributed by atoms with Crippen LogP contribution in [0.4, 0.5) is 0 Å². The molecule has 0 bridgehead atoms. The van der Waals surface area contributed by atoms with Gasteiger partial charge in [-0.25, -0.2) is 0 Å². The molecule has 17 heavy (non-hydrogen) atoms. The Morgan fingerprint density at radius 1 is 1.29 bits per heavy atom. The highest BCUT2D eigenvalue weighted by atomic mass is 35.5. The van der Waals surface area contributed by atoms with E-state index in [1.165, 1.54) is 0 Å². The van der Waals surface area contributed by atoms with Gasteiger partial charge in [0, 0.05) is 22.8 Å². The summed E-state index contributed by atoms with van der Waals surface area (Å²) in [7, 11) is 0. The fourth-order valence-electron chi connectivity index (χ4n) is 0.718. The fourth-order valence-corrected chi connectivity index (χ4v) is 0.864. The van der Waals surface area contributed by atoms with Crippen molar-refractivity contribution in [3.8, 4) is 0 Å². The van der Waals surface area contributed by atoms with Crippen molar-refractivity contribution in [3.63, 3.8) is 0 Å². The van der Waals surface area contributed by atoms with Crippen molar-refractivity contribution in [3.05, 3.63) is 45.5 Å². The average molecular weight is 260 g/mol. The third-order valence-corrected chi connectivity index (χ3v) is 1.65. The molecule has 0 radical (unpaired) electrons. The Balaban J connectivity index is 0. The molecule has 0 aromatic heterocycles. The number of hydrogen-bond donors (Lipinski definition) is 0. The smallest absolute Gasteiger partial charge is 0.204 e. The average Bonchev–Trinajstić information content (AvgIpc) is 2.33. The fraction of sp³-hybridized carbons (Fsp3) is 0.417. The molecule has 1 aromatic carbocycles. The van der Waals surface area contributed by atoms with Gasteiger partial charge in [0.2, 0.25) is 6.54 Å². The molecule has 0 fully saturated rings. The van der Waals surface area contributed by atoms with E-state index >= 15 is 0 Å². The highest BCUT2D eigenvalue weighted by molar-refractivity contribution is 6.30. The number of carbonyl (C=O) groups is 1. The number of nitrogens with zero attached hydrogens (tertiary/aromatic N) is 1. The lowest BCUT2D eigenvalue weighted by Crippen LogP contribution is -1.99. The topological polar surface area (TPSA) is 60.2 Å². The van der Waals surface area contributed by atoms with Gasteiger partial charge in [-0.1, -0.05) is 43.6 Å². The van der Waals surface area contributed by atoms with Crippen molar-refractivity contribution in [2.24, 2.45) is 0 Å². The number of aldehydes is 1. The van der Waals surface area contributed by atoms with E-state index in [4.69, 9.17) is 11.6 Å². The molecule has 96 valence electrons. The summed E-state index contributed by atoms with van der Waals surface area (Å²) >= 11 is 5.54. The van der Waals surface area contributed by atoms with E-state index in [1.54, 1.807) is 0 Å². The van der Waals surface area contributed by atoms with Crippen LogP contribution in [0.3, 0.4) is 0 Å². The summed E-state index contributed by atoms with van der Waals surface area (Å²) in [6.45, 7) is 3.90. The zero-order valence-electron chi connectivity index (χ0n) is 10.1. The van der Waals surface area contributed by atoms with Gasteiger partial charge in [-0.3, -0.25) is 10.1 Å². The molecule has 0 atom stereocenters. The monoisotopic (exact) mass is 259 g/mol. The molecule has 0 amide bonds. The molecule has 0 aliphatic carbocycles. The Hall–Kier alpha value is -1.42. The molecule has 4 nitrogen and oxygen atoms in total. The number of carbonyl (C=O) groups excluding carboxylic acids is 1. The highest BCUT2D eigenvalue weighted by Gasteiger charge is 1.92. The second-order valence-corrected chi connectivity index (χ2v) is 3.10. The molecule has 0 unspecified atom stereocenters. The van der Waals surface area contributed by atoms with Gasteiger partial charge in [0.25, 0.3) is 0 Å². The molecule has 0 aliphatic heterocycles. The summed E-state index contributed by atoms with van der Waals surface area (Å²) in [5.41, 5.74) is 0. The molecular formula is C12H18ClNO3. The van der Waals surface area contributed by atoms with Gasteiger partial charge in [-0.15, -0.1) is 0 Å². The first-order chi connectivity index (χ1) is 8.16. The number of hydrogen-bond acceptors (Lipinski definition) is 3. The lowest BCUT2D eigenvalue weighted by molar-refractivity contribution is -0.480. The quantitative estimate of drug-likeness (QED) is 0.359. The van der Waals surface area contributed by atoms with Crippen LogP contribution in [0.1, 0.15) is 26.7 Å². The first-order valence-corrected chi connectivity index (χ1v) is 5.80. The normalized spacial score (nSPS) is 7.94. The van der Waals surface area contributed by atoms with E-state index in [0.717, 1.165) is 5.02 Å². The third kappa shape index (κ3) is 17.2. The number of rotatable bonds is 4. The molecule has 0 aliphatic rings. The maximum atomic E-state index is 9.56. The van der Waals surface area contributed by atoms with Gasteiger partial charge >= 0.3 is 0 Å². The standard InChI is InChI=1S/C6H5Cl.C4H7NO3.C2H6/c7-6-4-2-1-3-5-6;6-4-2-1-3-5(7)8;1-2/h1-5H;4H,1-3H2;1-2H3. The number of benzene rings is 1. The molecule has 0 spiro atoms. The zero-order valence-corrected chi connectivity index (χ0v) is 10.9. The van der Waals surface area contributed by atoms with Crippen molar-refractivity contribution < 1.29 is 9.72 Å². The lowest BCUT2D eigenvalue weighted by atomic mass is 10.3. The van der Waals surface area contributed by atoms with Gasteiger partial charge in [-0.05, 0) is 12.1 Å². The molecular weight excluding hydrogens is 242 g/mol. The van der Waals surface area contributed by atoms with Crippen LogP contribution in [0, 0.1) is 10.1 Å². The molecule has 0 saturated carbocycles. The molecule has 1 rings (SSSR count). The second kappa shape index (κ2) is 14.6. The maximum Gasteiger partial charge on any atom is 0.204 e. The SMILES string of the molecule is CC.Clc1ccccc1.O=CCCC[N+](=O)[O-]. The van der Waals surface area contributed by atoms with Gasteiger partial charge in [0.15, 0.2) is 0 Å². The summed E-state index contributed by atoms with van der Waals surface area (Å²) in [6.07, 6.45) is 1.33. The Bertz CT molecular complexity index is 291. The van der Waals surface area contributed by atoms with Crippen LogP contribution in [0.5, 0.6) is 0 Å². The van der Waals surface area contributed by atoms with Gasteiger partial charge in [-0.2, -0.15) is 0 Å². The minimum atomic E-state index is -0.427. The van der Waals surface area contributed by atoms with Crippen LogP contribution < -0.4 is 0 Å². The maximum absolute atomic E-state index is 9.56. The first-order valence-electron chi connectivity index (χ1n) is 5.42. The second-order valence-electron chi connectivity index (χ2n) is 2.66. The van der Waals surface area contributed by atoms with Crippen molar-refractivity contribution >= 4 is 17.9 Å².